The molecule has 0 saturated heterocycles. The van der Waals surface area contributed by atoms with E-state index in [1.807, 2.05) is 17.8 Å². The zero-order chi connectivity index (χ0) is 10.4. The number of allylic oxidation sites excluding steroid dienone is 1. The first-order chi connectivity index (χ1) is 6.72. The second kappa shape index (κ2) is 5.60. The van der Waals surface area contributed by atoms with Gasteiger partial charge in [-0.1, -0.05) is 12.5 Å². The molecule has 14 heavy (non-hydrogen) atoms. The van der Waals surface area contributed by atoms with Crippen LogP contribution in [0, 0.1) is 0 Å². The van der Waals surface area contributed by atoms with Gasteiger partial charge < -0.3 is 5.32 Å². The maximum absolute atomic E-state index is 4.43. The second-order valence-corrected chi connectivity index (χ2v) is 3.56. The van der Waals surface area contributed by atoms with Crippen molar-refractivity contribution in [3.05, 3.63) is 30.1 Å². The molecule has 0 aromatic carbocycles. The van der Waals surface area contributed by atoms with Crippen LogP contribution in [-0.2, 0) is 13.1 Å². The minimum Gasteiger partial charge on any atom is -0.311 e. The summed E-state index contributed by atoms with van der Waals surface area (Å²) >= 11 is 0. The summed E-state index contributed by atoms with van der Waals surface area (Å²) in [5, 5.41) is 7.68. The molecule has 0 saturated carbocycles. The molecule has 0 atom stereocenters. The maximum atomic E-state index is 4.43. The number of hydrogen-bond acceptors (Lipinski definition) is 2. The van der Waals surface area contributed by atoms with Crippen LogP contribution in [0.3, 0.4) is 0 Å². The van der Waals surface area contributed by atoms with E-state index in [2.05, 4.69) is 30.0 Å². The summed E-state index contributed by atoms with van der Waals surface area (Å²) in [7, 11) is 0. The fourth-order valence-corrected chi connectivity index (χ4v) is 1.18. The van der Waals surface area contributed by atoms with Crippen molar-refractivity contribution in [1.82, 2.24) is 15.1 Å². The molecule has 0 aliphatic heterocycles. The lowest BCUT2D eigenvalue weighted by Crippen LogP contribution is -2.12. The first kappa shape index (κ1) is 11.0. The largest absolute Gasteiger partial charge is 0.311 e. The summed E-state index contributed by atoms with van der Waals surface area (Å²) in [6.07, 6.45) is 3.03. The first-order valence-corrected chi connectivity index (χ1v) is 5.09. The maximum Gasteiger partial charge on any atom is 0.0762 e. The Morgan fingerprint density at radius 2 is 2.43 bits per heavy atom. The van der Waals surface area contributed by atoms with Crippen molar-refractivity contribution in [2.24, 2.45) is 0 Å². The summed E-state index contributed by atoms with van der Waals surface area (Å²) in [4.78, 5) is 0. The summed E-state index contributed by atoms with van der Waals surface area (Å²) in [6.45, 7) is 10.8. The predicted octanol–water partition coefficient (Wildman–Crippen LogP) is 1.96. The van der Waals surface area contributed by atoms with Gasteiger partial charge in [0.15, 0.2) is 0 Å². The Balaban J connectivity index is 2.38. The van der Waals surface area contributed by atoms with E-state index in [-0.39, 0.29) is 0 Å². The number of nitrogens with zero attached hydrogens (tertiary/aromatic N) is 2. The Kier molecular flexibility index (Phi) is 4.40. The van der Waals surface area contributed by atoms with Gasteiger partial charge in [-0.15, -0.1) is 6.58 Å². The molecule has 0 spiro atoms. The van der Waals surface area contributed by atoms with Crippen molar-refractivity contribution < 1.29 is 0 Å². The van der Waals surface area contributed by atoms with E-state index in [1.54, 1.807) is 0 Å². The van der Waals surface area contributed by atoms with E-state index < -0.39 is 0 Å². The summed E-state index contributed by atoms with van der Waals surface area (Å²) in [5.74, 6) is 0. The second-order valence-electron chi connectivity index (χ2n) is 3.56. The Hall–Kier alpha value is -1.09. The average molecular weight is 193 g/mol. The summed E-state index contributed by atoms with van der Waals surface area (Å²) < 4.78 is 1.97. The van der Waals surface area contributed by atoms with Crippen molar-refractivity contribution >= 4 is 0 Å². The topological polar surface area (TPSA) is 29.9 Å². The minimum atomic E-state index is 0.858. The molecule has 1 aromatic heterocycles. The van der Waals surface area contributed by atoms with E-state index in [1.165, 1.54) is 5.57 Å². The van der Waals surface area contributed by atoms with Gasteiger partial charge in [-0.25, -0.2) is 0 Å². The van der Waals surface area contributed by atoms with Gasteiger partial charge in [0.2, 0.25) is 0 Å². The molecule has 1 N–H and O–H groups in total. The van der Waals surface area contributed by atoms with Crippen molar-refractivity contribution in [1.29, 1.82) is 0 Å². The van der Waals surface area contributed by atoms with E-state index >= 15 is 0 Å². The Bertz CT molecular complexity index is 288. The molecule has 0 aliphatic carbocycles. The lowest BCUT2D eigenvalue weighted by molar-refractivity contribution is 0.594. The molecule has 0 radical (unpaired) electrons. The first-order valence-electron chi connectivity index (χ1n) is 5.09. The Morgan fingerprint density at radius 3 is 3.07 bits per heavy atom. The number of hydrogen-bond donors (Lipinski definition) is 1. The van der Waals surface area contributed by atoms with Crippen LogP contribution in [0.4, 0.5) is 0 Å². The number of rotatable bonds is 6. The molecule has 1 aromatic rings. The fourth-order valence-electron chi connectivity index (χ4n) is 1.18. The van der Waals surface area contributed by atoms with Crippen LogP contribution < -0.4 is 5.32 Å². The lowest BCUT2D eigenvalue weighted by atomic mass is 10.2. The van der Waals surface area contributed by atoms with Crippen LogP contribution in [0.2, 0.25) is 0 Å². The van der Waals surface area contributed by atoms with E-state index in [0.717, 1.165) is 31.7 Å². The van der Waals surface area contributed by atoms with Crippen molar-refractivity contribution in [3.63, 3.8) is 0 Å². The summed E-state index contributed by atoms with van der Waals surface area (Å²) in [6, 6.07) is 2.06. The van der Waals surface area contributed by atoms with Gasteiger partial charge >= 0.3 is 0 Å². The highest BCUT2D eigenvalue weighted by Gasteiger charge is 1.97. The zero-order valence-electron chi connectivity index (χ0n) is 9.08. The Morgan fingerprint density at radius 1 is 1.64 bits per heavy atom. The van der Waals surface area contributed by atoms with Gasteiger partial charge in [0.25, 0.3) is 0 Å². The smallest absolute Gasteiger partial charge is 0.0762 e. The SMILES string of the molecule is C=C(C)CCn1ccc(CNCC)n1. The van der Waals surface area contributed by atoms with Gasteiger partial charge in [-0.2, -0.15) is 5.10 Å². The third-order valence-electron chi connectivity index (χ3n) is 2.02. The normalized spacial score (nSPS) is 10.4. The third-order valence-corrected chi connectivity index (χ3v) is 2.02. The molecule has 0 fully saturated rings. The molecular formula is C11H19N3. The molecule has 0 aliphatic rings. The van der Waals surface area contributed by atoms with Crippen LogP contribution >= 0.6 is 0 Å². The molecular weight excluding hydrogens is 174 g/mol. The van der Waals surface area contributed by atoms with Gasteiger partial charge in [-0.3, -0.25) is 4.68 Å². The van der Waals surface area contributed by atoms with Gasteiger partial charge in [0.05, 0.1) is 5.69 Å². The van der Waals surface area contributed by atoms with Crippen LogP contribution in [-0.4, -0.2) is 16.3 Å². The van der Waals surface area contributed by atoms with Crippen LogP contribution in [0.15, 0.2) is 24.4 Å². The number of aryl methyl sites for hydroxylation is 1. The van der Waals surface area contributed by atoms with Crippen LogP contribution in [0.5, 0.6) is 0 Å². The molecule has 3 nitrogen and oxygen atoms in total. The molecule has 3 heteroatoms. The molecule has 78 valence electrons. The molecule has 1 rings (SSSR count). The zero-order valence-corrected chi connectivity index (χ0v) is 9.08. The lowest BCUT2D eigenvalue weighted by Gasteiger charge is -2.00. The van der Waals surface area contributed by atoms with Crippen molar-refractivity contribution in [2.75, 3.05) is 6.54 Å². The number of aromatic nitrogens is 2. The average Bonchev–Trinajstić information content (AvgIpc) is 2.59. The van der Waals surface area contributed by atoms with Crippen LogP contribution in [0.1, 0.15) is 26.0 Å². The molecule has 0 bridgehead atoms. The quantitative estimate of drug-likeness (QED) is 0.700. The van der Waals surface area contributed by atoms with Gasteiger partial charge in [0, 0.05) is 19.3 Å². The highest BCUT2D eigenvalue weighted by atomic mass is 15.3. The van der Waals surface area contributed by atoms with Gasteiger partial charge in [-0.05, 0) is 26.0 Å². The highest BCUT2D eigenvalue weighted by Crippen LogP contribution is 2.01. The standard InChI is InChI=1S/C11H19N3/c1-4-12-9-11-6-8-14(13-11)7-5-10(2)3/h6,8,12H,2,4-5,7,9H2,1,3H3. The van der Waals surface area contributed by atoms with Gasteiger partial charge in [0.1, 0.15) is 0 Å². The minimum absolute atomic E-state index is 0.858. The highest BCUT2D eigenvalue weighted by molar-refractivity contribution is 4.99. The van der Waals surface area contributed by atoms with Crippen molar-refractivity contribution in [2.45, 2.75) is 33.4 Å². The molecule has 1 heterocycles. The predicted molar refractivity (Wildman–Crippen MR) is 59.0 cm³/mol. The van der Waals surface area contributed by atoms with E-state index in [0.29, 0.717) is 0 Å². The van der Waals surface area contributed by atoms with Crippen molar-refractivity contribution in [3.8, 4) is 0 Å². The van der Waals surface area contributed by atoms with E-state index in [4.69, 9.17) is 0 Å². The van der Waals surface area contributed by atoms with Crippen LogP contribution in [0.25, 0.3) is 0 Å². The fraction of sp³-hybridized carbons (Fsp3) is 0.545. The number of nitrogens with one attached hydrogen (secondary N) is 1. The third kappa shape index (κ3) is 3.75. The molecule has 0 amide bonds. The molecule has 0 unspecified atom stereocenters. The Labute approximate surface area is 85.8 Å². The van der Waals surface area contributed by atoms with E-state index in [9.17, 15) is 0 Å². The monoisotopic (exact) mass is 193 g/mol. The summed E-state index contributed by atoms with van der Waals surface area (Å²) in [5.41, 5.74) is 2.31.